The van der Waals surface area contributed by atoms with Crippen molar-refractivity contribution in [3.8, 4) is 0 Å². The molecule has 18 heavy (non-hydrogen) atoms. The minimum atomic E-state index is -3.18. The molecular weight excluding hydrogens is 268 g/mol. The van der Waals surface area contributed by atoms with Crippen molar-refractivity contribution >= 4 is 27.2 Å². The predicted octanol–water partition coefficient (Wildman–Crippen LogP) is 1.79. The maximum absolute atomic E-state index is 12.3. The van der Waals surface area contributed by atoms with E-state index in [9.17, 15) is 8.42 Å². The Morgan fingerprint density at radius 3 is 2.17 bits per heavy atom. The highest BCUT2D eigenvalue weighted by molar-refractivity contribution is 7.89. The number of hydrogen-bond acceptors (Lipinski definition) is 3. The van der Waals surface area contributed by atoms with Crippen LogP contribution in [0.1, 0.15) is 51.4 Å². The second-order valence-electron chi connectivity index (χ2n) is 5.41. The van der Waals surface area contributed by atoms with Gasteiger partial charge >= 0.3 is 0 Å². The van der Waals surface area contributed by atoms with Crippen molar-refractivity contribution in [2.45, 2.75) is 56.9 Å². The third-order valence-corrected chi connectivity index (χ3v) is 6.60. The van der Waals surface area contributed by atoms with Crippen LogP contribution in [-0.4, -0.2) is 35.5 Å². The first-order valence-corrected chi connectivity index (χ1v) is 8.81. The van der Waals surface area contributed by atoms with Gasteiger partial charge in [-0.05, 0) is 25.7 Å². The third-order valence-electron chi connectivity index (χ3n) is 4.22. The molecule has 1 saturated carbocycles. The van der Waals surface area contributed by atoms with Gasteiger partial charge in [-0.2, -0.15) is 4.31 Å². The Balaban J connectivity index is 2.36. The van der Waals surface area contributed by atoms with Gasteiger partial charge in [-0.15, -0.1) is 0 Å². The molecule has 2 aliphatic rings. The molecule has 2 N–H and O–H groups in total. The number of rotatable bonds is 2. The van der Waals surface area contributed by atoms with Crippen LogP contribution in [-0.2, 0) is 10.0 Å². The van der Waals surface area contributed by atoms with Crippen LogP contribution in [0.2, 0.25) is 0 Å². The van der Waals surface area contributed by atoms with E-state index in [0.717, 1.165) is 51.4 Å². The Labute approximate surface area is 115 Å². The first-order valence-electron chi connectivity index (χ1n) is 6.79. The van der Waals surface area contributed by atoms with Crippen LogP contribution < -0.4 is 5.73 Å². The van der Waals surface area contributed by atoms with Crippen LogP contribution in [0.15, 0.2) is 0 Å². The number of hydrogen-bond donors (Lipinski definition) is 1. The molecule has 0 aromatic carbocycles. The van der Waals surface area contributed by atoms with E-state index in [1.165, 1.54) is 0 Å². The highest BCUT2D eigenvalue weighted by Crippen LogP contribution is 2.36. The van der Waals surface area contributed by atoms with Gasteiger partial charge in [0.2, 0.25) is 10.0 Å². The average molecular weight is 290 g/mol. The van der Waals surface area contributed by atoms with Gasteiger partial charge in [-0.25, -0.2) is 8.42 Å². The minimum Gasteiger partial charge on any atom is -0.392 e. The Hall–Kier alpha value is -0.200. The molecule has 0 amide bonds. The normalized spacial score (nSPS) is 28.4. The molecule has 1 saturated heterocycles. The van der Waals surface area contributed by atoms with Gasteiger partial charge in [0.25, 0.3) is 0 Å². The zero-order valence-corrected chi connectivity index (χ0v) is 12.4. The lowest BCUT2D eigenvalue weighted by atomic mass is 9.89. The van der Waals surface area contributed by atoms with Crippen molar-refractivity contribution in [1.29, 1.82) is 0 Å². The summed E-state index contributed by atoms with van der Waals surface area (Å²) in [4.78, 5) is 0.370. The van der Waals surface area contributed by atoms with E-state index < -0.39 is 15.6 Å². The summed E-state index contributed by atoms with van der Waals surface area (Å²) < 4.78 is 26.3. The zero-order chi connectivity index (χ0) is 13.2. The van der Waals surface area contributed by atoms with Gasteiger partial charge < -0.3 is 5.73 Å². The lowest BCUT2D eigenvalue weighted by Gasteiger charge is -2.43. The summed E-state index contributed by atoms with van der Waals surface area (Å²) >= 11 is 5.24. The summed E-state index contributed by atoms with van der Waals surface area (Å²) in [6, 6.07) is 0. The molecule has 1 aliphatic carbocycles. The molecule has 0 aromatic heterocycles. The molecule has 2 fully saturated rings. The maximum atomic E-state index is 12.3. The van der Waals surface area contributed by atoms with Gasteiger partial charge in [0, 0.05) is 6.54 Å². The van der Waals surface area contributed by atoms with Crippen LogP contribution in [0.5, 0.6) is 0 Å². The first kappa shape index (κ1) is 14.2. The van der Waals surface area contributed by atoms with Crippen molar-refractivity contribution in [2.75, 3.05) is 12.3 Å². The van der Waals surface area contributed by atoms with Crippen molar-refractivity contribution in [3.05, 3.63) is 0 Å². The van der Waals surface area contributed by atoms with E-state index in [-0.39, 0.29) is 5.75 Å². The molecule has 0 spiro atoms. The second kappa shape index (κ2) is 5.43. The predicted molar refractivity (Wildman–Crippen MR) is 76.9 cm³/mol. The first-order chi connectivity index (χ1) is 8.49. The smallest absolute Gasteiger partial charge is 0.214 e. The average Bonchev–Trinajstić information content (AvgIpc) is 2.54. The van der Waals surface area contributed by atoms with Crippen molar-refractivity contribution in [1.82, 2.24) is 4.31 Å². The summed E-state index contributed by atoms with van der Waals surface area (Å²) in [7, 11) is -3.18. The monoisotopic (exact) mass is 290 g/mol. The van der Waals surface area contributed by atoms with Gasteiger partial charge in [-0.1, -0.05) is 37.9 Å². The molecule has 0 radical (unpaired) electrons. The molecule has 0 bridgehead atoms. The quantitative estimate of drug-likeness (QED) is 0.622. The van der Waals surface area contributed by atoms with Gasteiger partial charge in [-0.3, -0.25) is 0 Å². The molecule has 0 unspecified atom stereocenters. The summed E-state index contributed by atoms with van der Waals surface area (Å²) in [6.07, 6.45) is 7.60. The Morgan fingerprint density at radius 1 is 1.06 bits per heavy atom. The number of sulfonamides is 1. The van der Waals surface area contributed by atoms with Crippen LogP contribution >= 0.6 is 12.2 Å². The maximum Gasteiger partial charge on any atom is 0.214 e. The molecule has 0 aromatic rings. The number of thiocarbonyl (C=S) groups is 1. The van der Waals surface area contributed by atoms with Crippen molar-refractivity contribution in [2.24, 2.45) is 5.73 Å². The van der Waals surface area contributed by atoms with Gasteiger partial charge in [0.1, 0.15) is 0 Å². The molecule has 1 heterocycles. The lowest BCUT2D eigenvalue weighted by Crippen LogP contribution is -2.60. The van der Waals surface area contributed by atoms with Crippen molar-refractivity contribution in [3.63, 3.8) is 0 Å². The molecular formula is C12H22N2O2S2. The van der Waals surface area contributed by atoms with Crippen molar-refractivity contribution < 1.29 is 8.42 Å². The molecule has 1 aliphatic heterocycles. The molecule has 104 valence electrons. The van der Waals surface area contributed by atoms with Crippen LogP contribution in [0, 0.1) is 0 Å². The number of nitrogens with zero attached hydrogens (tertiary/aromatic N) is 1. The minimum absolute atomic E-state index is 0.247. The lowest BCUT2D eigenvalue weighted by molar-refractivity contribution is 0.224. The summed E-state index contributed by atoms with van der Waals surface area (Å²) in [5, 5.41) is 0. The van der Waals surface area contributed by atoms with Crippen LogP contribution in [0.3, 0.4) is 0 Å². The standard InChI is InChI=1S/C12H22N2O2S2/c13-11(17)12(7-3-1-2-4-8-12)14-9-5-6-10-18(14,15)16/h1-10H2,(H2,13,17). The Kier molecular flexibility index (Phi) is 4.29. The third kappa shape index (κ3) is 2.56. The fourth-order valence-corrected chi connectivity index (χ4v) is 5.58. The van der Waals surface area contributed by atoms with E-state index in [1.807, 2.05) is 0 Å². The van der Waals surface area contributed by atoms with E-state index in [2.05, 4.69) is 0 Å². The molecule has 6 heteroatoms. The topological polar surface area (TPSA) is 63.4 Å². The number of nitrogens with two attached hydrogens (primary N) is 1. The van der Waals surface area contributed by atoms with Gasteiger partial charge in [0.15, 0.2) is 0 Å². The highest BCUT2D eigenvalue weighted by Gasteiger charge is 2.46. The van der Waals surface area contributed by atoms with Crippen LogP contribution in [0.25, 0.3) is 0 Å². The Morgan fingerprint density at radius 2 is 1.67 bits per heavy atom. The van der Waals surface area contributed by atoms with E-state index in [1.54, 1.807) is 4.31 Å². The fourth-order valence-electron chi connectivity index (χ4n) is 3.20. The van der Waals surface area contributed by atoms with E-state index in [4.69, 9.17) is 18.0 Å². The highest BCUT2D eigenvalue weighted by atomic mass is 32.2. The van der Waals surface area contributed by atoms with Crippen LogP contribution in [0.4, 0.5) is 0 Å². The van der Waals surface area contributed by atoms with E-state index in [0.29, 0.717) is 11.5 Å². The fraction of sp³-hybridized carbons (Fsp3) is 0.917. The SMILES string of the molecule is NC(=S)C1(N2CCCCS2(=O)=O)CCCCCC1. The summed E-state index contributed by atoms with van der Waals surface area (Å²) in [5.41, 5.74) is 5.37. The molecule has 2 rings (SSSR count). The molecule has 4 nitrogen and oxygen atoms in total. The van der Waals surface area contributed by atoms with Gasteiger partial charge in [0.05, 0.1) is 16.3 Å². The zero-order valence-electron chi connectivity index (χ0n) is 10.7. The molecule has 0 atom stereocenters. The second-order valence-corrected chi connectivity index (χ2v) is 7.86. The summed E-state index contributed by atoms with van der Waals surface area (Å²) in [6.45, 7) is 0.583. The Bertz CT molecular complexity index is 412. The summed E-state index contributed by atoms with van der Waals surface area (Å²) in [5.74, 6) is 0.247. The van der Waals surface area contributed by atoms with E-state index >= 15 is 0 Å². The largest absolute Gasteiger partial charge is 0.392 e.